The van der Waals surface area contributed by atoms with E-state index in [1.165, 1.54) is 11.3 Å². The Morgan fingerprint density at radius 2 is 2.08 bits per heavy atom. The zero-order valence-electron chi connectivity index (χ0n) is 13.6. The minimum atomic E-state index is -0.504. The molecular formula is C16H19ClN4O2S. The van der Waals surface area contributed by atoms with Crippen LogP contribution in [0.5, 0.6) is 0 Å². The van der Waals surface area contributed by atoms with Gasteiger partial charge < -0.3 is 11.1 Å². The first-order valence-corrected chi connectivity index (χ1v) is 9.12. The highest BCUT2D eigenvalue weighted by molar-refractivity contribution is 7.17. The van der Waals surface area contributed by atoms with E-state index in [2.05, 4.69) is 10.4 Å². The number of nitrogens with two attached hydrogens (primary N) is 1. The predicted molar refractivity (Wildman–Crippen MR) is 95.1 cm³/mol. The minimum absolute atomic E-state index is 0.304. The normalized spacial score (nSPS) is 13.6. The molecule has 2 aromatic heterocycles. The van der Waals surface area contributed by atoms with Gasteiger partial charge in [-0.3, -0.25) is 14.3 Å². The number of thiophene rings is 1. The molecule has 3 rings (SSSR count). The van der Waals surface area contributed by atoms with Crippen molar-refractivity contribution >= 4 is 39.8 Å². The number of amides is 2. The van der Waals surface area contributed by atoms with E-state index in [1.807, 2.05) is 6.92 Å². The molecule has 128 valence electrons. The molecule has 0 radical (unpaired) electrons. The second kappa shape index (κ2) is 6.57. The quantitative estimate of drug-likeness (QED) is 0.870. The van der Waals surface area contributed by atoms with Crippen molar-refractivity contribution in [2.45, 2.75) is 46.1 Å². The lowest BCUT2D eigenvalue weighted by atomic mass is 9.95. The molecule has 1 aliphatic rings. The zero-order chi connectivity index (χ0) is 17.4. The molecule has 2 amide bonds. The van der Waals surface area contributed by atoms with E-state index in [9.17, 15) is 9.59 Å². The number of hydrogen-bond donors (Lipinski definition) is 2. The van der Waals surface area contributed by atoms with Crippen molar-refractivity contribution in [2.75, 3.05) is 5.32 Å². The van der Waals surface area contributed by atoms with Crippen LogP contribution < -0.4 is 11.1 Å². The average molecular weight is 367 g/mol. The number of fused-ring (bicyclic) bond motifs is 1. The molecule has 1 aliphatic carbocycles. The lowest BCUT2D eigenvalue weighted by Crippen LogP contribution is -2.21. The van der Waals surface area contributed by atoms with Gasteiger partial charge in [0.25, 0.3) is 11.8 Å². The summed E-state index contributed by atoms with van der Waals surface area (Å²) in [6.45, 7) is 4.17. The Morgan fingerprint density at radius 3 is 2.75 bits per heavy atom. The highest BCUT2D eigenvalue weighted by Crippen LogP contribution is 2.38. The maximum atomic E-state index is 12.7. The van der Waals surface area contributed by atoms with Crippen molar-refractivity contribution in [3.63, 3.8) is 0 Å². The number of primary amides is 1. The Morgan fingerprint density at radius 1 is 1.38 bits per heavy atom. The lowest BCUT2D eigenvalue weighted by Gasteiger charge is -2.11. The smallest absolute Gasteiger partial charge is 0.276 e. The average Bonchev–Trinajstić information content (AvgIpc) is 3.04. The fourth-order valence-corrected chi connectivity index (χ4v) is 4.59. The predicted octanol–water partition coefficient (Wildman–Crippen LogP) is 3.16. The van der Waals surface area contributed by atoms with Gasteiger partial charge in [-0.25, -0.2) is 0 Å². The maximum Gasteiger partial charge on any atom is 0.276 e. The number of carbonyl (C=O) groups is 2. The number of anilines is 1. The molecule has 0 saturated heterocycles. The highest BCUT2D eigenvalue weighted by Gasteiger charge is 2.27. The molecule has 0 fully saturated rings. The number of hydrogen-bond acceptors (Lipinski definition) is 4. The van der Waals surface area contributed by atoms with Gasteiger partial charge >= 0.3 is 0 Å². The molecule has 3 N–H and O–H groups in total. The van der Waals surface area contributed by atoms with Crippen molar-refractivity contribution in [2.24, 2.45) is 5.73 Å². The van der Waals surface area contributed by atoms with Gasteiger partial charge in [0.1, 0.15) is 10.7 Å². The molecule has 0 aliphatic heterocycles. The van der Waals surface area contributed by atoms with Crippen molar-refractivity contribution in [3.05, 3.63) is 32.4 Å². The first-order chi connectivity index (χ1) is 11.4. The maximum absolute atomic E-state index is 12.7. The molecule has 0 spiro atoms. The Labute approximate surface area is 149 Å². The molecular weight excluding hydrogens is 348 g/mol. The molecule has 2 aromatic rings. The summed E-state index contributed by atoms with van der Waals surface area (Å²) >= 11 is 7.66. The molecule has 6 nitrogen and oxygen atoms in total. The molecule has 0 aromatic carbocycles. The third-order valence-corrected chi connectivity index (χ3v) is 5.87. The lowest BCUT2D eigenvalue weighted by molar-refractivity contribution is 0.100. The van der Waals surface area contributed by atoms with E-state index in [0.717, 1.165) is 36.1 Å². The summed E-state index contributed by atoms with van der Waals surface area (Å²) in [7, 11) is 0. The van der Waals surface area contributed by atoms with Gasteiger partial charge in [-0.2, -0.15) is 5.10 Å². The van der Waals surface area contributed by atoms with Crippen LogP contribution in [0.4, 0.5) is 5.00 Å². The topological polar surface area (TPSA) is 90.0 Å². The molecule has 24 heavy (non-hydrogen) atoms. The second-order valence-corrected chi connectivity index (χ2v) is 7.28. The minimum Gasteiger partial charge on any atom is -0.365 e. The molecule has 0 atom stereocenters. The summed E-state index contributed by atoms with van der Waals surface area (Å²) < 4.78 is 1.56. The van der Waals surface area contributed by atoms with E-state index in [4.69, 9.17) is 17.3 Å². The number of aryl methyl sites for hydroxylation is 3. The van der Waals surface area contributed by atoms with Crippen LogP contribution in [-0.2, 0) is 19.4 Å². The highest BCUT2D eigenvalue weighted by atomic mass is 35.5. The van der Waals surface area contributed by atoms with Gasteiger partial charge in [-0.15, -0.1) is 11.3 Å². The monoisotopic (exact) mass is 366 g/mol. The second-order valence-electron chi connectivity index (χ2n) is 5.80. The van der Waals surface area contributed by atoms with Gasteiger partial charge in [0.2, 0.25) is 0 Å². The van der Waals surface area contributed by atoms with Crippen LogP contribution in [0.3, 0.4) is 0 Å². The van der Waals surface area contributed by atoms with E-state index in [-0.39, 0.29) is 5.91 Å². The number of halogens is 1. The zero-order valence-corrected chi connectivity index (χ0v) is 15.2. The van der Waals surface area contributed by atoms with Crippen molar-refractivity contribution in [1.29, 1.82) is 0 Å². The van der Waals surface area contributed by atoms with Gasteiger partial charge in [-0.1, -0.05) is 11.6 Å². The first kappa shape index (κ1) is 17.0. The molecule has 0 unspecified atom stereocenters. The van der Waals surface area contributed by atoms with Gasteiger partial charge in [0.05, 0.1) is 16.3 Å². The summed E-state index contributed by atoms with van der Waals surface area (Å²) in [5.41, 5.74) is 7.90. The van der Waals surface area contributed by atoms with E-state index in [0.29, 0.717) is 33.5 Å². The van der Waals surface area contributed by atoms with Crippen molar-refractivity contribution in [3.8, 4) is 0 Å². The third kappa shape index (κ3) is 2.82. The Bertz CT molecular complexity index is 825. The van der Waals surface area contributed by atoms with E-state index < -0.39 is 5.91 Å². The Kier molecular flexibility index (Phi) is 4.64. The van der Waals surface area contributed by atoms with Gasteiger partial charge in [0.15, 0.2) is 0 Å². The van der Waals surface area contributed by atoms with E-state index >= 15 is 0 Å². The van der Waals surface area contributed by atoms with Crippen LogP contribution in [0.15, 0.2) is 0 Å². The Balaban J connectivity index is 1.98. The number of aromatic nitrogens is 2. The van der Waals surface area contributed by atoms with Gasteiger partial charge in [0, 0.05) is 11.4 Å². The molecule has 0 bridgehead atoms. The number of nitrogens with zero attached hydrogens (tertiary/aromatic N) is 2. The third-order valence-electron chi connectivity index (χ3n) is 4.21. The van der Waals surface area contributed by atoms with Crippen molar-refractivity contribution < 1.29 is 9.59 Å². The van der Waals surface area contributed by atoms with Crippen LogP contribution in [0, 0.1) is 6.92 Å². The first-order valence-electron chi connectivity index (χ1n) is 7.92. The van der Waals surface area contributed by atoms with E-state index in [1.54, 1.807) is 11.6 Å². The fraction of sp³-hybridized carbons (Fsp3) is 0.438. The van der Waals surface area contributed by atoms with Crippen LogP contribution in [0.2, 0.25) is 5.02 Å². The number of rotatable bonds is 4. The van der Waals surface area contributed by atoms with Gasteiger partial charge in [-0.05, 0) is 45.1 Å². The molecule has 8 heteroatoms. The van der Waals surface area contributed by atoms with Crippen LogP contribution in [-0.4, -0.2) is 21.6 Å². The fourth-order valence-electron chi connectivity index (χ4n) is 3.08. The van der Waals surface area contributed by atoms with Crippen LogP contribution in [0.1, 0.15) is 56.7 Å². The number of carbonyl (C=O) groups excluding carboxylic acids is 2. The summed E-state index contributed by atoms with van der Waals surface area (Å²) in [5, 5.41) is 7.92. The number of nitrogens with one attached hydrogen (secondary N) is 1. The summed E-state index contributed by atoms with van der Waals surface area (Å²) in [6.07, 6.45) is 3.87. The molecule has 2 heterocycles. The Hall–Kier alpha value is -1.86. The summed E-state index contributed by atoms with van der Waals surface area (Å²) in [6, 6.07) is 0. The standard InChI is InChI=1S/C16H19ClN4O2S/c1-3-21-13(12(17)8(2)20-21)15(23)19-16-11(14(18)22)9-6-4-5-7-10(9)24-16/h3-7H2,1-2H3,(H2,18,22)(H,19,23). The SMILES string of the molecule is CCn1nc(C)c(Cl)c1C(=O)Nc1sc2c(c1C(N)=O)CCCC2. The molecule has 0 saturated carbocycles. The summed E-state index contributed by atoms with van der Waals surface area (Å²) in [4.78, 5) is 25.8. The summed E-state index contributed by atoms with van der Waals surface area (Å²) in [5.74, 6) is -0.875. The van der Waals surface area contributed by atoms with Crippen molar-refractivity contribution in [1.82, 2.24) is 9.78 Å². The largest absolute Gasteiger partial charge is 0.365 e. The van der Waals surface area contributed by atoms with Crippen LogP contribution >= 0.6 is 22.9 Å². The van der Waals surface area contributed by atoms with Crippen LogP contribution in [0.25, 0.3) is 0 Å².